The Bertz CT molecular complexity index is 401. The molecule has 0 fully saturated rings. The van der Waals surface area contributed by atoms with E-state index in [9.17, 15) is 4.79 Å². The van der Waals surface area contributed by atoms with Crippen molar-refractivity contribution >= 4 is 11.6 Å². The highest BCUT2D eigenvalue weighted by Crippen LogP contribution is 2.37. The summed E-state index contributed by atoms with van der Waals surface area (Å²) in [5, 5.41) is 2.91. The highest BCUT2D eigenvalue weighted by Gasteiger charge is 2.24. The van der Waals surface area contributed by atoms with E-state index in [1.807, 2.05) is 18.2 Å². The maximum atomic E-state index is 11.5. The van der Waals surface area contributed by atoms with Crippen LogP contribution in [0.5, 0.6) is 5.75 Å². The Labute approximate surface area is 95.8 Å². The predicted molar refractivity (Wildman–Crippen MR) is 63.9 cm³/mol. The van der Waals surface area contributed by atoms with E-state index in [-0.39, 0.29) is 5.91 Å². The van der Waals surface area contributed by atoms with Crippen molar-refractivity contribution in [2.75, 3.05) is 12.4 Å². The first-order valence-corrected chi connectivity index (χ1v) is 5.72. The SMILES string of the molecule is CCCC1CC(=O)Nc2ccc(OC)cc21. The standard InChI is InChI=1S/C13H17NO2/c1-3-4-9-7-13(15)14-12-6-5-10(16-2)8-11(9)12/h5-6,8-9H,3-4,7H2,1-2H3,(H,14,15). The van der Waals surface area contributed by atoms with Crippen molar-refractivity contribution in [3.05, 3.63) is 23.8 Å². The van der Waals surface area contributed by atoms with Crippen molar-refractivity contribution in [3.8, 4) is 5.75 Å². The average molecular weight is 219 g/mol. The second-order valence-corrected chi connectivity index (χ2v) is 4.19. The van der Waals surface area contributed by atoms with E-state index in [2.05, 4.69) is 12.2 Å². The lowest BCUT2D eigenvalue weighted by Crippen LogP contribution is -2.22. The van der Waals surface area contributed by atoms with Crippen molar-refractivity contribution in [2.45, 2.75) is 32.1 Å². The molecular formula is C13H17NO2. The largest absolute Gasteiger partial charge is 0.497 e. The number of carbonyl (C=O) groups is 1. The van der Waals surface area contributed by atoms with Crippen molar-refractivity contribution in [1.29, 1.82) is 0 Å². The molecule has 0 radical (unpaired) electrons. The third-order valence-electron chi connectivity index (χ3n) is 3.04. The van der Waals surface area contributed by atoms with Gasteiger partial charge in [0.15, 0.2) is 0 Å². The predicted octanol–water partition coefficient (Wildman–Crippen LogP) is 2.92. The Kier molecular flexibility index (Phi) is 3.13. The third kappa shape index (κ3) is 2.03. The molecule has 0 saturated carbocycles. The summed E-state index contributed by atoms with van der Waals surface area (Å²) in [6, 6.07) is 5.84. The van der Waals surface area contributed by atoms with Crippen LogP contribution in [0.4, 0.5) is 5.69 Å². The molecule has 0 spiro atoms. The lowest BCUT2D eigenvalue weighted by molar-refractivity contribution is -0.116. The summed E-state index contributed by atoms with van der Waals surface area (Å²) in [5.41, 5.74) is 2.15. The second-order valence-electron chi connectivity index (χ2n) is 4.19. The van der Waals surface area contributed by atoms with Crippen molar-refractivity contribution in [3.63, 3.8) is 0 Å². The summed E-state index contributed by atoms with van der Waals surface area (Å²) in [7, 11) is 1.66. The summed E-state index contributed by atoms with van der Waals surface area (Å²) in [6.45, 7) is 2.15. The van der Waals surface area contributed by atoms with E-state index in [0.717, 1.165) is 24.3 Å². The van der Waals surface area contributed by atoms with Gasteiger partial charge in [0.1, 0.15) is 5.75 Å². The molecule has 1 aliphatic heterocycles. The maximum absolute atomic E-state index is 11.5. The quantitative estimate of drug-likeness (QED) is 0.848. The Morgan fingerprint density at radius 2 is 2.31 bits per heavy atom. The molecule has 1 heterocycles. The Morgan fingerprint density at radius 1 is 1.50 bits per heavy atom. The van der Waals surface area contributed by atoms with Gasteiger partial charge in [0.25, 0.3) is 0 Å². The Hall–Kier alpha value is -1.51. The zero-order chi connectivity index (χ0) is 11.5. The molecule has 1 amide bonds. The van der Waals surface area contributed by atoms with Crippen LogP contribution in [0, 0.1) is 0 Å². The van der Waals surface area contributed by atoms with Gasteiger partial charge in [0.05, 0.1) is 7.11 Å². The van der Waals surface area contributed by atoms with E-state index in [0.29, 0.717) is 12.3 Å². The minimum Gasteiger partial charge on any atom is -0.497 e. The summed E-state index contributed by atoms with van der Waals surface area (Å²) >= 11 is 0. The molecule has 16 heavy (non-hydrogen) atoms. The van der Waals surface area contributed by atoms with Crippen LogP contribution >= 0.6 is 0 Å². The van der Waals surface area contributed by atoms with Gasteiger partial charge in [-0.15, -0.1) is 0 Å². The molecule has 1 N–H and O–H groups in total. The summed E-state index contributed by atoms with van der Waals surface area (Å²) in [6.07, 6.45) is 2.73. The number of hydrogen-bond acceptors (Lipinski definition) is 2. The van der Waals surface area contributed by atoms with Crippen LogP contribution < -0.4 is 10.1 Å². The minimum absolute atomic E-state index is 0.121. The van der Waals surface area contributed by atoms with Crippen LogP contribution in [-0.4, -0.2) is 13.0 Å². The van der Waals surface area contributed by atoms with Gasteiger partial charge in [0, 0.05) is 12.1 Å². The van der Waals surface area contributed by atoms with Gasteiger partial charge in [-0.1, -0.05) is 13.3 Å². The molecule has 1 aliphatic rings. The monoisotopic (exact) mass is 219 g/mol. The average Bonchev–Trinajstić information content (AvgIpc) is 2.29. The number of ether oxygens (including phenoxy) is 1. The number of hydrogen-bond donors (Lipinski definition) is 1. The molecule has 3 nitrogen and oxygen atoms in total. The number of rotatable bonds is 3. The number of fused-ring (bicyclic) bond motifs is 1. The molecule has 2 rings (SSSR count). The molecule has 3 heteroatoms. The highest BCUT2D eigenvalue weighted by atomic mass is 16.5. The topological polar surface area (TPSA) is 38.3 Å². The first-order valence-electron chi connectivity index (χ1n) is 5.72. The molecule has 86 valence electrons. The van der Waals surface area contributed by atoms with E-state index in [4.69, 9.17) is 4.74 Å². The van der Waals surface area contributed by atoms with Crippen LogP contribution in [0.15, 0.2) is 18.2 Å². The van der Waals surface area contributed by atoms with Gasteiger partial charge in [-0.2, -0.15) is 0 Å². The van der Waals surface area contributed by atoms with Gasteiger partial charge in [-0.3, -0.25) is 4.79 Å². The van der Waals surface area contributed by atoms with Crippen molar-refractivity contribution in [2.24, 2.45) is 0 Å². The van der Waals surface area contributed by atoms with E-state index >= 15 is 0 Å². The Morgan fingerprint density at radius 3 is 3.00 bits per heavy atom. The molecule has 0 aromatic heterocycles. The van der Waals surface area contributed by atoms with Crippen molar-refractivity contribution < 1.29 is 9.53 Å². The van der Waals surface area contributed by atoms with E-state index in [1.165, 1.54) is 5.56 Å². The van der Waals surface area contributed by atoms with E-state index < -0.39 is 0 Å². The number of benzene rings is 1. The lowest BCUT2D eigenvalue weighted by atomic mass is 9.87. The number of carbonyl (C=O) groups excluding carboxylic acids is 1. The molecule has 1 aromatic carbocycles. The smallest absolute Gasteiger partial charge is 0.224 e. The molecule has 0 saturated heterocycles. The summed E-state index contributed by atoms with van der Waals surface area (Å²) in [5.74, 6) is 1.32. The summed E-state index contributed by atoms with van der Waals surface area (Å²) in [4.78, 5) is 11.5. The zero-order valence-corrected chi connectivity index (χ0v) is 9.75. The normalized spacial score (nSPS) is 18.9. The highest BCUT2D eigenvalue weighted by molar-refractivity contribution is 5.94. The first kappa shape index (κ1) is 11.0. The fourth-order valence-electron chi connectivity index (χ4n) is 2.26. The van der Waals surface area contributed by atoms with Crippen molar-refractivity contribution in [1.82, 2.24) is 0 Å². The second kappa shape index (κ2) is 4.56. The van der Waals surface area contributed by atoms with Gasteiger partial charge in [-0.25, -0.2) is 0 Å². The lowest BCUT2D eigenvalue weighted by Gasteiger charge is -2.25. The van der Waals surface area contributed by atoms with Crippen LogP contribution in [-0.2, 0) is 4.79 Å². The number of methoxy groups -OCH3 is 1. The van der Waals surface area contributed by atoms with Gasteiger partial charge in [0.2, 0.25) is 5.91 Å². The van der Waals surface area contributed by atoms with E-state index in [1.54, 1.807) is 7.11 Å². The third-order valence-corrected chi connectivity index (χ3v) is 3.04. The molecule has 0 bridgehead atoms. The van der Waals surface area contributed by atoms with Crippen LogP contribution in [0.1, 0.15) is 37.7 Å². The van der Waals surface area contributed by atoms with Crippen LogP contribution in [0.25, 0.3) is 0 Å². The summed E-state index contributed by atoms with van der Waals surface area (Å²) < 4.78 is 5.22. The molecule has 0 aliphatic carbocycles. The van der Waals surface area contributed by atoms with Crippen LogP contribution in [0.3, 0.4) is 0 Å². The fourth-order valence-corrected chi connectivity index (χ4v) is 2.26. The number of nitrogens with one attached hydrogen (secondary N) is 1. The maximum Gasteiger partial charge on any atom is 0.224 e. The number of anilines is 1. The molecule has 1 aromatic rings. The van der Waals surface area contributed by atoms with Gasteiger partial charge in [-0.05, 0) is 36.1 Å². The molecular weight excluding hydrogens is 202 g/mol. The van der Waals surface area contributed by atoms with Crippen LogP contribution in [0.2, 0.25) is 0 Å². The number of amides is 1. The Balaban J connectivity index is 2.37. The molecule has 1 atom stereocenters. The van der Waals surface area contributed by atoms with Gasteiger partial charge < -0.3 is 10.1 Å². The minimum atomic E-state index is 0.121. The zero-order valence-electron chi connectivity index (χ0n) is 9.75. The first-order chi connectivity index (χ1) is 7.74. The van der Waals surface area contributed by atoms with Gasteiger partial charge >= 0.3 is 0 Å². The fraction of sp³-hybridized carbons (Fsp3) is 0.462. The molecule has 1 unspecified atom stereocenters.